The van der Waals surface area contributed by atoms with Gasteiger partial charge in [-0.15, -0.1) is 0 Å². The fraction of sp³-hybridized carbons (Fsp3) is 0.524. The summed E-state index contributed by atoms with van der Waals surface area (Å²) in [5, 5.41) is 4.00. The van der Waals surface area contributed by atoms with Gasteiger partial charge in [0.05, 0.1) is 6.54 Å². The number of aromatic amines is 1. The molecule has 0 spiro atoms. The molecule has 0 unspecified atom stereocenters. The second kappa shape index (κ2) is 8.39. The third-order valence-corrected chi connectivity index (χ3v) is 5.22. The summed E-state index contributed by atoms with van der Waals surface area (Å²) in [6.45, 7) is 5.81. The molecule has 0 saturated carbocycles. The number of carbonyl (C=O) groups is 2. The molecule has 140 valence electrons. The number of benzene rings is 1. The Balaban J connectivity index is 1.45. The maximum absolute atomic E-state index is 12.3. The van der Waals surface area contributed by atoms with Crippen molar-refractivity contribution in [1.29, 1.82) is 0 Å². The number of amides is 2. The van der Waals surface area contributed by atoms with Crippen molar-refractivity contribution in [3.8, 4) is 0 Å². The standard InChI is InChI=1S/C21H29N3O2/c1-15(2)7-8-20(25)22-14-21(26)24-11-9-16(10-12-24)19-13-17-5-3-4-6-18(17)23-19/h3-6,13,15-16,23H,7-12,14H2,1-2H3,(H,22,25). The summed E-state index contributed by atoms with van der Waals surface area (Å²) in [6, 6.07) is 10.5. The van der Waals surface area contributed by atoms with E-state index in [1.54, 1.807) is 0 Å². The van der Waals surface area contributed by atoms with Gasteiger partial charge >= 0.3 is 0 Å². The van der Waals surface area contributed by atoms with Gasteiger partial charge in [-0.05, 0) is 42.7 Å². The van der Waals surface area contributed by atoms with E-state index >= 15 is 0 Å². The number of carbonyl (C=O) groups excluding carboxylic acids is 2. The fourth-order valence-electron chi connectivity index (χ4n) is 3.55. The van der Waals surface area contributed by atoms with Crippen molar-refractivity contribution < 1.29 is 9.59 Å². The van der Waals surface area contributed by atoms with Crippen molar-refractivity contribution in [3.63, 3.8) is 0 Å². The molecule has 1 fully saturated rings. The van der Waals surface area contributed by atoms with E-state index in [0.717, 1.165) is 32.4 Å². The number of hydrogen-bond acceptors (Lipinski definition) is 2. The maximum Gasteiger partial charge on any atom is 0.241 e. The van der Waals surface area contributed by atoms with Gasteiger partial charge in [-0.1, -0.05) is 32.0 Å². The number of aromatic nitrogens is 1. The Morgan fingerprint density at radius 3 is 2.65 bits per heavy atom. The summed E-state index contributed by atoms with van der Waals surface area (Å²) < 4.78 is 0. The van der Waals surface area contributed by atoms with Gasteiger partial charge in [0, 0.05) is 36.6 Å². The monoisotopic (exact) mass is 355 g/mol. The third kappa shape index (κ3) is 4.65. The summed E-state index contributed by atoms with van der Waals surface area (Å²) in [6.07, 6.45) is 3.27. The van der Waals surface area contributed by atoms with Crippen LogP contribution in [0.3, 0.4) is 0 Å². The molecule has 1 saturated heterocycles. The van der Waals surface area contributed by atoms with Crippen LogP contribution in [0.1, 0.15) is 51.1 Å². The van der Waals surface area contributed by atoms with Crippen molar-refractivity contribution >= 4 is 22.7 Å². The minimum atomic E-state index is -0.0278. The van der Waals surface area contributed by atoms with E-state index in [9.17, 15) is 9.59 Å². The zero-order chi connectivity index (χ0) is 18.5. The lowest BCUT2D eigenvalue weighted by Crippen LogP contribution is -2.43. The van der Waals surface area contributed by atoms with E-state index in [2.05, 4.69) is 48.4 Å². The Labute approximate surface area is 155 Å². The fourth-order valence-corrected chi connectivity index (χ4v) is 3.55. The highest BCUT2D eigenvalue weighted by Gasteiger charge is 2.24. The van der Waals surface area contributed by atoms with Gasteiger partial charge in [0.1, 0.15) is 0 Å². The van der Waals surface area contributed by atoms with Crippen LogP contribution in [-0.2, 0) is 9.59 Å². The molecular formula is C21H29N3O2. The molecule has 2 N–H and O–H groups in total. The first-order valence-corrected chi connectivity index (χ1v) is 9.65. The van der Waals surface area contributed by atoms with Crippen LogP contribution in [0.5, 0.6) is 0 Å². The number of para-hydroxylation sites is 1. The van der Waals surface area contributed by atoms with E-state index in [-0.39, 0.29) is 18.4 Å². The topological polar surface area (TPSA) is 65.2 Å². The maximum atomic E-state index is 12.3. The van der Waals surface area contributed by atoms with Crippen LogP contribution in [0.25, 0.3) is 10.9 Å². The predicted molar refractivity (Wildman–Crippen MR) is 104 cm³/mol. The molecule has 2 heterocycles. The lowest BCUT2D eigenvalue weighted by Gasteiger charge is -2.31. The number of nitrogens with one attached hydrogen (secondary N) is 2. The van der Waals surface area contributed by atoms with Gasteiger partial charge in [0.25, 0.3) is 0 Å². The molecule has 5 heteroatoms. The highest BCUT2D eigenvalue weighted by molar-refractivity contribution is 5.84. The number of nitrogens with zero attached hydrogens (tertiary/aromatic N) is 1. The van der Waals surface area contributed by atoms with Crippen molar-refractivity contribution in [1.82, 2.24) is 15.2 Å². The van der Waals surface area contributed by atoms with Gasteiger partial charge in [-0.2, -0.15) is 0 Å². The van der Waals surface area contributed by atoms with Gasteiger partial charge < -0.3 is 15.2 Å². The Morgan fingerprint density at radius 1 is 1.23 bits per heavy atom. The second-order valence-electron chi connectivity index (χ2n) is 7.68. The molecule has 5 nitrogen and oxygen atoms in total. The lowest BCUT2D eigenvalue weighted by molar-refractivity contribution is -0.133. The first-order valence-electron chi connectivity index (χ1n) is 9.65. The quantitative estimate of drug-likeness (QED) is 0.834. The Morgan fingerprint density at radius 2 is 1.96 bits per heavy atom. The van der Waals surface area contributed by atoms with Crippen LogP contribution in [0, 0.1) is 5.92 Å². The molecule has 1 aliphatic heterocycles. The molecule has 3 rings (SSSR count). The van der Waals surface area contributed by atoms with Crippen molar-refractivity contribution in [2.45, 2.75) is 45.4 Å². The highest BCUT2D eigenvalue weighted by Crippen LogP contribution is 2.29. The minimum absolute atomic E-state index is 0.0259. The largest absolute Gasteiger partial charge is 0.358 e. The molecule has 0 aliphatic carbocycles. The summed E-state index contributed by atoms with van der Waals surface area (Å²) >= 11 is 0. The normalized spacial score (nSPS) is 15.6. The van der Waals surface area contributed by atoms with Crippen LogP contribution in [0.15, 0.2) is 30.3 Å². The van der Waals surface area contributed by atoms with Gasteiger partial charge in [-0.25, -0.2) is 0 Å². The summed E-state index contributed by atoms with van der Waals surface area (Å²) in [5.74, 6) is 0.963. The second-order valence-corrected chi connectivity index (χ2v) is 7.68. The third-order valence-electron chi connectivity index (χ3n) is 5.22. The summed E-state index contributed by atoms with van der Waals surface area (Å²) in [4.78, 5) is 29.5. The smallest absolute Gasteiger partial charge is 0.241 e. The SMILES string of the molecule is CC(C)CCC(=O)NCC(=O)N1CCC(c2cc3ccccc3[nH]2)CC1. The Hall–Kier alpha value is -2.30. The first kappa shape index (κ1) is 18.5. The molecule has 1 aliphatic rings. The van der Waals surface area contributed by atoms with Crippen molar-refractivity contribution in [3.05, 3.63) is 36.0 Å². The molecule has 2 aromatic rings. The first-order chi connectivity index (χ1) is 12.5. The van der Waals surface area contributed by atoms with E-state index in [1.807, 2.05) is 11.0 Å². The van der Waals surface area contributed by atoms with Crippen LogP contribution in [0.2, 0.25) is 0 Å². The van der Waals surface area contributed by atoms with Crippen LogP contribution in [-0.4, -0.2) is 41.3 Å². The molecular weight excluding hydrogens is 326 g/mol. The average Bonchev–Trinajstić information content (AvgIpc) is 3.08. The molecule has 26 heavy (non-hydrogen) atoms. The molecule has 0 atom stereocenters. The average molecular weight is 355 g/mol. The van der Waals surface area contributed by atoms with E-state index in [0.29, 0.717) is 18.3 Å². The molecule has 1 aromatic carbocycles. The number of hydrogen-bond donors (Lipinski definition) is 2. The van der Waals surface area contributed by atoms with E-state index in [1.165, 1.54) is 16.6 Å². The Bertz CT molecular complexity index is 724. The molecule has 0 radical (unpaired) electrons. The molecule has 1 aromatic heterocycles. The highest BCUT2D eigenvalue weighted by atomic mass is 16.2. The van der Waals surface area contributed by atoms with Gasteiger partial charge in [0.15, 0.2) is 0 Å². The van der Waals surface area contributed by atoms with Crippen molar-refractivity contribution in [2.24, 2.45) is 5.92 Å². The molecule has 2 amide bonds. The summed E-state index contributed by atoms with van der Waals surface area (Å²) in [5.41, 5.74) is 2.44. The van der Waals surface area contributed by atoms with E-state index in [4.69, 9.17) is 0 Å². The zero-order valence-corrected chi connectivity index (χ0v) is 15.8. The predicted octanol–water partition coefficient (Wildman–Crippen LogP) is 3.43. The number of rotatable bonds is 6. The number of likely N-dealkylation sites (tertiary alicyclic amines) is 1. The van der Waals surface area contributed by atoms with Gasteiger partial charge in [-0.3, -0.25) is 9.59 Å². The zero-order valence-electron chi connectivity index (χ0n) is 15.8. The minimum Gasteiger partial charge on any atom is -0.358 e. The number of piperidine rings is 1. The van der Waals surface area contributed by atoms with Crippen LogP contribution in [0.4, 0.5) is 0 Å². The molecule has 0 bridgehead atoms. The van der Waals surface area contributed by atoms with Gasteiger partial charge in [0.2, 0.25) is 11.8 Å². The number of H-pyrrole nitrogens is 1. The van der Waals surface area contributed by atoms with Crippen LogP contribution >= 0.6 is 0 Å². The lowest BCUT2D eigenvalue weighted by atomic mass is 9.93. The number of fused-ring (bicyclic) bond motifs is 1. The summed E-state index contributed by atoms with van der Waals surface area (Å²) in [7, 11) is 0. The Kier molecular flexibility index (Phi) is 5.96. The van der Waals surface area contributed by atoms with Crippen LogP contribution < -0.4 is 5.32 Å². The van der Waals surface area contributed by atoms with E-state index < -0.39 is 0 Å². The van der Waals surface area contributed by atoms with Crippen molar-refractivity contribution in [2.75, 3.05) is 19.6 Å².